The van der Waals surface area contributed by atoms with E-state index in [1.54, 1.807) is 18.2 Å². The van der Waals surface area contributed by atoms with Gasteiger partial charge in [-0.15, -0.1) is 0 Å². The van der Waals surface area contributed by atoms with Gasteiger partial charge in [0.25, 0.3) is 17.7 Å². The van der Waals surface area contributed by atoms with Gasteiger partial charge in [-0.2, -0.15) is 13.2 Å². The number of ether oxygens (including phenoxy) is 1. The van der Waals surface area contributed by atoms with Crippen LogP contribution in [0.3, 0.4) is 0 Å². The van der Waals surface area contributed by atoms with Crippen molar-refractivity contribution in [2.45, 2.75) is 19.3 Å². The number of carbonyl (C=O) groups is 3. The fourth-order valence-corrected chi connectivity index (χ4v) is 3.33. The van der Waals surface area contributed by atoms with Crippen LogP contribution in [0, 0.1) is 0 Å². The zero-order valence-corrected chi connectivity index (χ0v) is 17.0. The quantitative estimate of drug-likeness (QED) is 0.542. The van der Waals surface area contributed by atoms with Crippen LogP contribution in [0.4, 0.5) is 13.2 Å². The Balaban J connectivity index is 1.41. The number of rotatable bonds is 7. The van der Waals surface area contributed by atoms with E-state index < -0.39 is 30.5 Å². The molecule has 0 fully saturated rings. The van der Waals surface area contributed by atoms with Crippen LogP contribution in [0.15, 0.2) is 65.3 Å². The van der Waals surface area contributed by atoms with Gasteiger partial charge in [0.1, 0.15) is 11.5 Å². The summed E-state index contributed by atoms with van der Waals surface area (Å²) in [6, 6.07) is 13.4. The van der Waals surface area contributed by atoms with E-state index in [-0.39, 0.29) is 35.5 Å². The van der Waals surface area contributed by atoms with Crippen molar-refractivity contribution < 1.29 is 36.7 Å². The highest BCUT2D eigenvalue weighted by Gasteiger charge is 2.36. The summed E-state index contributed by atoms with van der Waals surface area (Å²) in [5.41, 5.74) is 0.999. The lowest BCUT2D eigenvalue weighted by Crippen LogP contribution is -2.28. The van der Waals surface area contributed by atoms with E-state index in [4.69, 9.17) is 9.15 Å². The highest BCUT2D eigenvalue weighted by atomic mass is 19.4. The Bertz CT molecular complexity index is 1210. The number of amides is 3. The van der Waals surface area contributed by atoms with Gasteiger partial charge in [0.2, 0.25) is 0 Å². The molecular formula is C23H17F3N2O5. The maximum absolute atomic E-state index is 12.7. The van der Waals surface area contributed by atoms with Crippen molar-refractivity contribution in [3.8, 4) is 5.75 Å². The molecule has 0 atom stereocenters. The fourth-order valence-electron chi connectivity index (χ4n) is 3.33. The van der Waals surface area contributed by atoms with Crippen molar-refractivity contribution in [3.63, 3.8) is 0 Å². The molecule has 1 aliphatic heterocycles. The highest BCUT2D eigenvalue weighted by Crippen LogP contribution is 2.26. The van der Waals surface area contributed by atoms with E-state index in [1.165, 1.54) is 42.7 Å². The molecule has 3 amide bonds. The number of nitrogens with zero attached hydrogens (tertiary/aromatic N) is 1. The van der Waals surface area contributed by atoms with Crippen molar-refractivity contribution in [2.75, 3.05) is 6.61 Å². The first kappa shape index (κ1) is 22.1. The van der Waals surface area contributed by atoms with Gasteiger partial charge in [-0.05, 0) is 48.0 Å². The molecule has 33 heavy (non-hydrogen) atoms. The number of alkyl halides is 3. The molecule has 0 aliphatic carbocycles. The number of nitrogens with one attached hydrogen (secondary N) is 1. The third-order valence-electron chi connectivity index (χ3n) is 4.88. The topological polar surface area (TPSA) is 88.8 Å². The smallest absolute Gasteiger partial charge is 0.422 e. The number of hydrogen-bond donors (Lipinski definition) is 1. The number of benzene rings is 2. The lowest BCUT2D eigenvalue weighted by Gasteiger charge is -2.11. The first-order valence-electron chi connectivity index (χ1n) is 9.80. The summed E-state index contributed by atoms with van der Waals surface area (Å²) in [6.45, 7) is -1.41. The van der Waals surface area contributed by atoms with Crippen LogP contribution < -0.4 is 10.1 Å². The molecule has 0 spiro atoms. The van der Waals surface area contributed by atoms with Crippen LogP contribution in [-0.4, -0.2) is 35.4 Å². The molecule has 0 bridgehead atoms. The number of carbonyl (C=O) groups excluding carboxylic acids is 3. The Morgan fingerprint density at radius 1 is 1.00 bits per heavy atom. The van der Waals surface area contributed by atoms with Crippen molar-refractivity contribution in [1.82, 2.24) is 10.2 Å². The van der Waals surface area contributed by atoms with Gasteiger partial charge < -0.3 is 14.5 Å². The molecule has 170 valence electrons. The Morgan fingerprint density at radius 3 is 2.52 bits per heavy atom. The maximum Gasteiger partial charge on any atom is 0.422 e. The average molecular weight is 458 g/mol. The Kier molecular flexibility index (Phi) is 5.91. The predicted molar refractivity (Wildman–Crippen MR) is 109 cm³/mol. The van der Waals surface area contributed by atoms with E-state index >= 15 is 0 Å². The molecule has 0 saturated heterocycles. The number of imide groups is 1. The van der Waals surface area contributed by atoms with Gasteiger partial charge in [0.05, 0.1) is 23.9 Å². The van der Waals surface area contributed by atoms with Crippen molar-refractivity contribution in [3.05, 3.63) is 88.9 Å². The zero-order chi connectivity index (χ0) is 23.6. The van der Waals surface area contributed by atoms with E-state index in [0.29, 0.717) is 11.3 Å². The average Bonchev–Trinajstić information content (AvgIpc) is 3.39. The minimum Gasteiger partial charge on any atom is -0.484 e. The van der Waals surface area contributed by atoms with Gasteiger partial charge in [-0.1, -0.05) is 12.1 Å². The summed E-state index contributed by atoms with van der Waals surface area (Å²) in [5.74, 6) is -1.05. The molecule has 2 aromatic carbocycles. The normalized spacial score (nSPS) is 13.2. The largest absolute Gasteiger partial charge is 0.484 e. The molecule has 4 rings (SSSR count). The third-order valence-corrected chi connectivity index (χ3v) is 4.88. The molecule has 0 unspecified atom stereocenters. The van der Waals surface area contributed by atoms with Gasteiger partial charge in [0, 0.05) is 12.1 Å². The Labute approximate surface area is 185 Å². The molecule has 7 nitrogen and oxygen atoms in total. The van der Waals surface area contributed by atoms with Crippen LogP contribution in [0.2, 0.25) is 0 Å². The zero-order valence-electron chi connectivity index (χ0n) is 17.0. The van der Waals surface area contributed by atoms with Crippen LogP contribution in [0.5, 0.6) is 5.75 Å². The van der Waals surface area contributed by atoms with Crippen molar-refractivity contribution >= 4 is 17.7 Å². The number of fused-ring (bicyclic) bond motifs is 1. The van der Waals surface area contributed by atoms with Gasteiger partial charge in [-0.25, -0.2) is 0 Å². The number of furan rings is 1. The van der Waals surface area contributed by atoms with Crippen LogP contribution in [0.25, 0.3) is 0 Å². The molecule has 1 aromatic heterocycles. The van der Waals surface area contributed by atoms with Gasteiger partial charge in [0.15, 0.2) is 6.61 Å². The monoisotopic (exact) mass is 458 g/mol. The maximum atomic E-state index is 12.7. The second-order valence-corrected chi connectivity index (χ2v) is 7.27. The lowest BCUT2D eigenvalue weighted by molar-refractivity contribution is -0.153. The lowest BCUT2D eigenvalue weighted by atomic mass is 10.1. The van der Waals surface area contributed by atoms with Crippen molar-refractivity contribution in [1.29, 1.82) is 0 Å². The van der Waals surface area contributed by atoms with Crippen LogP contribution in [0.1, 0.15) is 42.4 Å². The standard InChI is InChI=1S/C23H17F3N2O5/c24-23(25,26)13-33-16-4-1-3-14(9-16)11-27-20(29)15-6-7-18-19(10-15)22(31)28(21(18)30)12-17-5-2-8-32-17/h1-10H,11-13H2,(H,27,29). The summed E-state index contributed by atoms with van der Waals surface area (Å²) in [5, 5.41) is 2.64. The van der Waals surface area contributed by atoms with Crippen LogP contribution >= 0.6 is 0 Å². The van der Waals surface area contributed by atoms with E-state index in [2.05, 4.69) is 5.32 Å². The first-order chi connectivity index (χ1) is 15.7. The predicted octanol–water partition coefficient (Wildman–Crippen LogP) is 3.95. The highest BCUT2D eigenvalue weighted by molar-refractivity contribution is 6.22. The number of hydrogen-bond acceptors (Lipinski definition) is 5. The number of halogens is 3. The molecule has 0 saturated carbocycles. The summed E-state index contributed by atoms with van der Waals surface area (Å²) in [7, 11) is 0. The van der Waals surface area contributed by atoms with E-state index in [1.807, 2.05) is 0 Å². The molecular weight excluding hydrogens is 441 g/mol. The SMILES string of the molecule is O=C(NCc1cccc(OCC(F)(F)F)c1)c1ccc2c(c1)C(=O)N(Cc1ccco1)C2=O. The fraction of sp³-hybridized carbons (Fsp3) is 0.174. The van der Waals surface area contributed by atoms with Gasteiger partial charge in [-0.3, -0.25) is 19.3 Å². The molecule has 3 aromatic rings. The van der Waals surface area contributed by atoms with Crippen LogP contribution in [-0.2, 0) is 13.1 Å². The minimum absolute atomic E-state index is 0.0202. The molecule has 10 heteroatoms. The summed E-state index contributed by atoms with van der Waals surface area (Å²) in [6.07, 6.45) is -3.02. The second-order valence-electron chi connectivity index (χ2n) is 7.27. The van der Waals surface area contributed by atoms with E-state index in [0.717, 1.165) is 4.90 Å². The van der Waals surface area contributed by atoms with Crippen molar-refractivity contribution in [2.24, 2.45) is 0 Å². The first-order valence-corrected chi connectivity index (χ1v) is 9.80. The third kappa shape index (κ3) is 5.05. The van der Waals surface area contributed by atoms with E-state index in [9.17, 15) is 27.6 Å². The molecule has 1 aliphatic rings. The molecule has 1 N–H and O–H groups in total. The minimum atomic E-state index is -4.45. The molecule has 0 radical (unpaired) electrons. The summed E-state index contributed by atoms with van der Waals surface area (Å²) < 4.78 is 46.8. The molecule has 2 heterocycles. The second kappa shape index (κ2) is 8.81. The Hall–Kier alpha value is -4.08. The Morgan fingerprint density at radius 2 is 1.79 bits per heavy atom. The van der Waals surface area contributed by atoms with Gasteiger partial charge >= 0.3 is 6.18 Å². The summed E-state index contributed by atoms with van der Waals surface area (Å²) >= 11 is 0. The summed E-state index contributed by atoms with van der Waals surface area (Å²) in [4.78, 5) is 38.9.